The normalized spacial score (nSPS) is 14.1. The number of carbonyl (C=O) groups excluding carboxylic acids is 1. The summed E-state index contributed by atoms with van der Waals surface area (Å²) in [5.41, 5.74) is 2.76. The summed E-state index contributed by atoms with van der Waals surface area (Å²) >= 11 is 6.41. The molecule has 1 amide bonds. The van der Waals surface area contributed by atoms with Gasteiger partial charge in [-0.15, -0.1) is 0 Å². The fraction of sp³-hybridized carbons (Fsp3) is 0.0526. The largest absolute Gasteiger partial charge is 0.272 e. The summed E-state index contributed by atoms with van der Waals surface area (Å²) in [6, 6.07) is 15.6. The Balaban J connectivity index is 1.76. The lowest BCUT2D eigenvalue weighted by Crippen LogP contribution is -2.22. The molecule has 10 heteroatoms. The number of aromatic nitrogens is 2. The Morgan fingerprint density at radius 1 is 1.17 bits per heavy atom. The molecule has 0 atom stereocenters. The molecule has 2 aromatic carbocycles. The molecule has 0 radical (unpaired) electrons. The van der Waals surface area contributed by atoms with Crippen LogP contribution in [0.25, 0.3) is 16.9 Å². The number of nitro benzene ring substituents is 1. The number of amides is 1. The van der Waals surface area contributed by atoms with Gasteiger partial charge in [0.15, 0.2) is 4.32 Å². The van der Waals surface area contributed by atoms with E-state index in [1.165, 1.54) is 35.1 Å². The molecule has 0 bridgehead atoms. The number of para-hydroxylation sites is 1. The summed E-state index contributed by atoms with van der Waals surface area (Å²) in [6.07, 6.45) is 3.31. The number of hydrogen-bond donors (Lipinski definition) is 0. The van der Waals surface area contributed by atoms with Crippen LogP contribution in [0.15, 0.2) is 65.9 Å². The van der Waals surface area contributed by atoms with Crippen molar-refractivity contribution in [3.8, 4) is 16.9 Å². The Morgan fingerprint density at radius 2 is 1.90 bits per heavy atom. The van der Waals surface area contributed by atoms with Gasteiger partial charge in [-0.2, -0.15) is 15.2 Å². The summed E-state index contributed by atoms with van der Waals surface area (Å²) in [7, 11) is 0. The standard InChI is InChI=1S/C19H13N5O3S2/c25-17-12-29-19(28)23(17)20-10-14-11-22(15-4-2-1-3-5-15)21-18(14)13-6-8-16(9-7-13)24(26)27/h1-11H,12H2/b20-10-. The van der Waals surface area contributed by atoms with E-state index in [2.05, 4.69) is 10.2 Å². The number of nitrogens with zero attached hydrogens (tertiary/aromatic N) is 5. The molecule has 0 N–H and O–H groups in total. The molecule has 4 rings (SSSR count). The van der Waals surface area contributed by atoms with E-state index in [1.807, 2.05) is 30.3 Å². The zero-order valence-corrected chi connectivity index (χ0v) is 16.5. The molecule has 0 spiro atoms. The predicted octanol–water partition coefficient (Wildman–Crippen LogP) is 3.64. The summed E-state index contributed by atoms with van der Waals surface area (Å²) in [6.45, 7) is 0. The molecule has 144 valence electrons. The minimum Gasteiger partial charge on any atom is -0.272 e. The van der Waals surface area contributed by atoms with Crippen LogP contribution in [-0.2, 0) is 4.79 Å². The summed E-state index contributed by atoms with van der Waals surface area (Å²) < 4.78 is 2.09. The SMILES string of the molecule is O=C1CSC(=S)N1/N=C\c1cn(-c2ccccc2)nc1-c1ccc([N+](=O)[O-])cc1. The minimum absolute atomic E-state index is 0.00324. The molecule has 0 aliphatic carbocycles. The van der Waals surface area contributed by atoms with Gasteiger partial charge in [0.25, 0.3) is 11.6 Å². The third-order valence-corrected chi connectivity index (χ3v) is 5.49. The van der Waals surface area contributed by atoms with E-state index in [9.17, 15) is 14.9 Å². The molecule has 8 nitrogen and oxygen atoms in total. The number of nitro groups is 1. The molecule has 1 aliphatic rings. The molecule has 2 heterocycles. The highest BCUT2D eigenvalue weighted by Crippen LogP contribution is 2.26. The van der Waals surface area contributed by atoms with Crippen molar-refractivity contribution in [2.75, 3.05) is 5.75 Å². The molecular weight excluding hydrogens is 410 g/mol. The zero-order valence-electron chi connectivity index (χ0n) is 14.8. The Hall–Kier alpha value is -3.37. The van der Waals surface area contributed by atoms with Crippen LogP contribution in [0.2, 0.25) is 0 Å². The first-order chi connectivity index (χ1) is 14.0. The lowest BCUT2D eigenvalue weighted by molar-refractivity contribution is -0.384. The van der Waals surface area contributed by atoms with Crippen LogP contribution in [0.1, 0.15) is 5.56 Å². The van der Waals surface area contributed by atoms with Crippen LogP contribution in [0.4, 0.5) is 5.69 Å². The van der Waals surface area contributed by atoms with E-state index in [-0.39, 0.29) is 17.3 Å². The Bertz CT molecular complexity index is 1110. The van der Waals surface area contributed by atoms with Gasteiger partial charge in [0.05, 0.1) is 22.6 Å². The quantitative estimate of drug-likeness (QED) is 0.269. The lowest BCUT2D eigenvalue weighted by atomic mass is 10.1. The van der Waals surface area contributed by atoms with Gasteiger partial charge in [-0.25, -0.2) is 4.68 Å². The van der Waals surface area contributed by atoms with Crippen LogP contribution in [0.3, 0.4) is 0 Å². The third-order valence-electron chi connectivity index (χ3n) is 4.16. The van der Waals surface area contributed by atoms with Gasteiger partial charge in [-0.3, -0.25) is 14.9 Å². The number of carbonyl (C=O) groups is 1. The van der Waals surface area contributed by atoms with Gasteiger partial charge >= 0.3 is 0 Å². The average molecular weight is 423 g/mol. The molecular formula is C19H13N5O3S2. The van der Waals surface area contributed by atoms with Crippen LogP contribution >= 0.6 is 24.0 Å². The Labute approximate surface area is 175 Å². The van der Waals surface area contributed by atoms with Crippen molar-refractivity contribution >= 4 is 46.1 Å². The van der Waals surface area contributed by atoms with Gasteiger partial charge < -0.3 is 0 Å². The molecule has 1 fully saturated rings. The second kappa shape index (κ2) is 7.94. The van der Waals surface area contributed by atoms with E-state index in [0.29, 0.717) is 21.1 Å². The molecule has 0 unspecified atom stereocenters. The lowest BCUT2D eigenvalue weighted by Gasteiger charge is -2.06. The van der Waals surface area contributed by atoms with E-state index >= 15 is 0 Å². The number of thiocarbonyl (C=S) groups is 1. The second-order valence-corrected chi connectivity index (χ2v) is 7.63. The highest BCUT2D eigenvalue weighted by atomic mass is 32.2. The highest BCUT2D eigenvalue weighted by Gasteiger charge is 2.26. The van der Waals surface area contributed by atoms with Crippen molar-refractivity contribution in [3.63, 3.8) is 0 Å². The zero-order chi connectivity index (χ0) is 20.4. The van der Waals surface area contributed by atoms with Crippen molar-refractivity contribution in [1.29, 1.82) is 0 Å². The number of non-ortho nitro benzene ring substituents is 1. The van der Waals surface area contributed by atoms with Gasteiger partial charge in [-0.1, -0.05) is 42.2 Å². The number of benzene rings is 2. The Kier molecular flexibility index (Phi) is 5.19. The summed E-state index contributed by atoms with van der Waals surface area (Å²) in [5.74, 6) is 0.0952. The topological polar surface area (TPSA) is 93.6 Å². The molecule has 29 heavy (non-hydrogen) atoms. The first-order valence-electron chi connectivity index (χ1n) is 8.46. The van der Waals surface area contributed by atoms with Gasteiger partial charge in [0.1, 0.15) is 5.69 Å². The molecule has 1 saturated heterocycles. The number of hydrogen-bond acceptors (Lipinski definition) is 7. The fourth-order valence-corrected chi connectivity index (χ4v) is 3.71. The molecule has 1 aromatic heterocycles. The average Bonchev–Trinajstić information content (AvgIpc) is 3.30. The minimum atomic E-state index is -0.452. The molecule has 3 aromatic rings. The fourth-order valence-electron chi connectivity index (χ4n) is 2.74. The van der Waals surface area contributed by atoms with Crippen molar-refractivity contribution < 1.29 is 9.72 Å². The number of hydrazone groups is 1. The highest BCUT2D eigenvalue weighted by molar-refractivity contribution is 8.23. The van der Waals surface area contributed by atoms with Crippen LogP contribution in [-0.4, -0.2) is 41.9 Å². The van der Waals surface area contributed by atoms with Crippen molar-refractivity contribution in [1.82, 2.24) is 14.8 Å². The van der Waals surface area contributed by atoms with Crippen LogP contribution in [0.5, 0.6) is 0 Å². The first-order valence-corrected chi connectivity index (χ1v) is 9.86. The molecule has 0 saturated carbocycles. The van der Waals surface area contributed by atoms with Crippen molar-refractivity contribution in [2.45, 2.75) is 0 Å². The van der Waals surface area contributed by atoms with E-state index in [0.717, 1.165) is 5.69 Å². The summed E-state index contributed by atoms with van der Waals surface area (Å²) in [4.78, 5) is 22.4. The summed E-state index contributed by atoms with van der Waals surface area (Å²) in [5, 5.41) is 21.0. The smallest absolute Gasteiger partial charge is 0.269 e. The van der Waals surface area contributed by atoms with E-state index in [4.69, 9.17) is 12.2 Å². The van der Waals surface area contributed by atoms with Gasteiger partial charge in [-0.05, 0) is 24.3 Å². The first kappa shape index (κ1) is 19.0. The monoisotopic (exact) mass is 423 g/mol. The van der Waals surface area contributed by atoms with Crippen molar-refractivity contribution in [2.24, 2.45) is 5.10 Å². The van der Waals surface area contributed by atoms with Crippen molar-refractivity contribution in [3.05, 3.63) is 76.5 Å². The van der Waals surface area contributed by atoms with E-state index < -0.39 is 4.92 Å². The maximum absolute atomic E-state index is 11.9. The maximum atomic E-state index is 11.9. The van der Waals surface area contributed by atoms with Crippen LogP contribution in [0, 0.1) is 10.1 Å². The predicted molar refractivity (Wildman–Crippen MR) is 115 cm³/mol. The maximum Gasteiger partial charge on any atom is 0.269 e. The Morgan fingerprint density at radius 3 is 2.52 bits per heavy atom. The molecule has 1 aliphatic heterocycles. The van der Waals surface area contributed by atoms with Crippen LogP contribution < -0.4 is 0 Å². The third kappa shape index (κ3) is 3.93. The van der Waals surface area contributed by atoms with Gasteiger partial charge in [0.2, 0.25) is 0 Å². The number of rotatable bonds is 5. The second-order valence-electron chi connectivity index (χ2n) is 6.02. The van der Waals surface area contributed by atoms with E-state index in [1.54, 1.807) is 23.0 Å². The number of thioether (sulfide) groups is 1. The van der Waals surface area contributed by atoms with Gasteiger partial charge in [0, 0.05) is 29.5 Å².